The Bertz CT molecular complexity index is 1520. The van der Waals surface area contributed by atoms with Gasteiger partial charge in [0.25, 0.3) is 0 Å². The molecular weight excluding hydrogens is 731 g/mol. The average Bonchev–Trinajstić information content (AvgIpc) is 4.00. The number of aromatic nitrogens is 2. The smallest absolute Gasteiger partial charge is 0.344 e. The molecule has 54 heavy (non-hydrogen) atoms. The zero-order chi connectivity index (χ0) is 37.4. The minimum absolute atomic E-state index is 0. The van der Waals surface area contributed by atoms with Crippen molar-refractivity contribution in [2.45, 2.75) is 53.4 Å². The van der Waals surface area contributed by atoms with E-state index in [9.17, 15) is 0 Å². The summed E-state index contributed by atoms with van der Waals surface area (Å²) in [7, 11) is 0. The van der Waals surface area contributed by atoms with E-state index >= 15 is 0 Å². The minimum Gasteiger partial charge on any atom is -0.344 e. The van der Waals surface area contributed by atoms with Crippen LogP contribution in [-0.2, 0) is 26.2 Å². The Morgan fingerprint density at radius 2 is 0.815 bits per heavy atom. The van der Waals surface area contributed by atoms with Gasteiger partial charge in [0.15, 0.2) is 0 Å². The van der Waals surface area contributed by atoms with Gasteiger partial charge in [-0.25, -0.2) is 6.08 Å². The number of unbranched alkanes of at least 4 members (excludes halogenated alkanes) is 2. The largest absolute Gasteiger partial charge is 2.00 e. The third-order valence-electron chi connectivity index (χ3n) is 8.99. The molecule has 0 unspecified atom stereocenters. The normalized spacial score (nSPS) is 13.6. The van der Waals surface area contributed by atoms with E-state index in [1.165, 1.54) is 21.9 Å². The van der Waals surface area contributed by atoms with Crippen LogP contribution in [0.2, 0.25) is 0 Å². The van der Waals surface area contributed by atoms with Crippen molar-refractivity contribution >= 4 is 40.1 Å². The van der Waals surface area contributed by atoms with E-state index < -0.39 is 6.15 Å². The van der Waals surface area contributed by atoms with Crippen LogP contribution in [0.15, 0.2) is 127 Å². The number of aryl methyl sites for hydroxylation is 2. The molecule has 0 aliphatic heterocycles. The standard InChI is InChI=1S/C24H20B.C16H23N2.2C5H5.Zr/c1-5-13-21(14-6-1)25(22-15-7-2-8-16-22,23-17-9-3-10-18-23)24-19-11-4-12-20-24;1-5-7-9-11-15-13(3)18-16(14(4)17-15)12-10-8-6-2;2*1-2-4-5-3-1;/h1-20H;9,11-12H,5-8H2,1-4H3;2*1-5H;/q2*-1;;;+2/b;11-9+;;;. The molecule has 2 nitrogen and oxygen atoms in total. The summed E-state index contributed by atoms with van der Waals surface area (Å²) in [6.45, 7) is 8.33. The van der Waals surface area contributed by atoms with Crippen LogP contribution in [-0.4, -0.2) is 16.1 Å². The molecule has 2 aliphatic carbocycles. The maximum Gasteiger partial charge on any atom is 2.00 e. The van der Waals surface area contributed by atoms with Gasteiger partial charge in [-0.1, -0.05) is 160 Å². The summed E-state index contributed by atoms with van der Waals surface area (Å²) in [4.78, 5) is 9.19. The number of nitrogens with zero attached hydrogens (tertiary/aromatic N) is 2. The first kappa shape index (κ1) is 44.8. The Morgan fingerprint density at radius 1 is 0.481 bits per heavy atom. The second-order valence-corrected chi connectivity index (χ2v) is 12.9. The molecule has 4 heteroatoms. The number of hydrogen-bond acceptors (Lipinski definition) is 2. The van der Waals surface area contributed by atoms with E-state index in [0.717, 1.165) is 48.5 Å². The molecule has 1 heterocycles. The topological polar surface area (TPSA) is 25.8 Å². The van der Waals surface area contributed by atoms with E-state index in [0.29, 0.717) is 0 Å². The van der Waals surface area contributed by atoms with Gasteiger partial charge in [0.2, 0.25) is 0 Å². The van der Waals surface area contributed by atoms with E-state index in [4.69, 9.17) is 0 Å². The van der Waals surface area contributed by atoms with Gasteiger partial charge in [-0.15, -0.1) is 6.42 Å². The fourth-order valence-electron chi connectivity index (χ4n) is 6.37. The van der Waals surface area contributed by atoms with E-state index in [2.05, 4.69) is 163 Å². The van der Waals surface area contributed by atoms with Gasteiger partial charge in [-0.05, 0) is 96.2 Å². The third kappa shape index (κ3) is 13.9. The average molecular weight is 784 g/mol. The Kier molecular flexibility index (Phi) is 21.8. The molecule has 10 radical (unpaired) electrons. The van der Waals surface area contributed by atoms with Crippen molar-refractivity contribution in [2.75, 3.05) is 0 Å². The van der Waals surface area contributed by atoms with Crippen LogP contribution < -0.4 is 21.9 Å². The Morgan fingerprint density at radius 3 is 1.15 bits per heavy atom. The summed E-state index contributed by atoms with van der Waals surface area (Å²) in [6.07, 6.45) is 32.6. The van der Waals surface area contributed by atoms with Gasteiger partial charge in [0.1, 0.15) is 6.15 Å². The molecular formula is C50H53BN2Zr. The van der Waals surface area contributed by atoms with Gasteiger partial charge in [0, 0.05) is 5.69 Å². The molecule has 0 saturated heterocycles. The molecule has 0 bridgehead atoms. The molecule has 7 rings (SSSR count). The maximum atomic E-state index is 4.60. The van der Waals surface area contributed by atoms with Crippen LogP contribution in [0, 0.1) is 84.1 Å². The van der Waals surface area contributed by atoms with Crippen LogP contribution in [0.3, 0.4) is 0 Å². The minimum atomic E-state index is -1.22. The monoisotopic (exact) mass is 782 g/mol. The molecule has 1 aromatic heterocycles. The van der Waals surface area contributed by atoms with Crippen molar-refractivity contribution < 1.29 is 26.2 Å². The maximum absolute atomic E-state index is 4.60. The number of hydrogen-bond donors (Lipinski definition) is 0. The summed E-state index contributed by atoms with van der Waals surface area (Å²) in [5, 5.41) is 0. The van der Waals surface area contributed by atoms with Crippen LogP contribution in [0.1, 0.15) is 62.3 Å². The molecule has 4 aromatic carbocycles. The molecule has 0 atom stereocenters. The summed E-state index contributed by atoms with van der Waals surface area (Å²) in [6, 6.07) is 43.5. The van der Waals surface area contributed by atoms with Crippen LogP contribution >= 0.6 is 0 Å². The Balaban J connectivity index is 0.000000234. The van der Waals surface area contributed by atoms with Crippen LogP contribution in [0.5, 0.6) is 0 Å². The number of allylic oxidation sites excluding steroid dienone is 2. The van der Waals surface area contributed by atoms with Crippen molar-refractivity contribution in [1.82, 2.24) is 9.97 Å². The Labute approximate surface area is 348 Å². The molecule has 2 aliphatic rings. The van der Waals surface area contributed by atoms with Crippen molar-refractivity contribution in [3.63, 3.8) is 0 Å². The second-order valence-electron chi connectivity index (χ2n) is 12.9. The first-order chi connectivity index (χ1) is 26.1. The predicted octanol–water partition coefficient (Wildman–Crippen LogP) is 9.63. The number of benzene rings is 4. The van der Waals surface area contributed by atoms with Crippen LogP contribution in [0.25, 0.3) is 12.2 Å². The van der Waals surface area contributed by atoms with Crippen molar-refractivity contribution in [2.24, 2.45) is 0 Å². The van der Waals surface area contributed by atoms with Gasteiger partial charge in [0.05, 0.1) is 5.69 Å². The molecule has 0 spiro atoms. The quantitative estimate of drug-likeness (QED) is 0.104. The van der Waals surface area contributed by atoms with Gasteiger partial charge in [-0.3, -0.25) is 11.1 Å². The van der Waals surface area contributed by atoms with Gasteiger partial charge < -0.3 is 4.98 Å². The summed E-state index contributed by atoms with van der Waals surface area (Å²) in [5.41, 5.74) is 9.23. The fraction of sp³-hybridized carbons (Fsp3) is 0.160. The zero-order valence-electron chi connectivity index (χ0n) is 32.4. The van der Waals surface area contributed by atoms with Crippen molar-refractivity contribution in [3.05, 3.63) is 220 Å². The first-order valence-electron chi connectivity index (χ1n) is 18.9. The van der Waals surface area contributed by atoms with Gasteiger partial charge >= 0.3 is 26.2 Å². The summed E-state index contributed by atoms with van der Waals surface area (Å²) in [5.74, 6) is 0. The number of rotatable bonds is 10. The second kappa shape index (κ2) is 26.2. The van der Waals surface area contributed by atoms with Gasteiger partial charge in [-0.2, -0.15) is 21.9 Å². The zero-order valence-corrected chi connectivity index (χ0v) is 34.8. The van der Waals surface area contributed by atoms with E-state index in [1.54, 1.807) is 0 Å². The molecule has 0 N–H and O–H groups in total. The molecule has 5 aromatic rings. The summed E-state index contributed by atoms with van der Waals surface area (Å²) < 4.78 is 0. The molecule has 0 amide bonds. The SMILES string of the molecule is CCC[C-]=Cc1nc(C)c(/C=C/CCC)nc1C.[CH]1[CH][CH][CH][CH]1.[CH]1[CH][CH][CH][CH]1.[Zr+2].c1ccc([B-](c2ccccc2)(c2ccccc2)c2ccccc2)cc1. The summed E-state index contributed by atoms with van der Waals surface area (Å²) >= 11 is 0. The predicted molar refractivity (Wildman–Crippen MR) is 231 cm³/mol. The molecule has 2 fully saturated rings. The third-order valence-corrected chi connectivity index (χ3v) is 8.99. The van der Waals surface area contributed by atoms with Crippen LogP contribution in [0.4, 0.5) is 0 Å². The van der Waals surface area contributed by atoms with Crippen molar-refractivity contribution in [3.8, 4) is 0 Å². The van der Waals surface area contributed by atoms with Crippen molar-refractivity contribution in [1.29, 1.82) is 0 Å². The molecule has 2 saturated carbocycles. The molecule has 270 valence electrons. The van der Waals surface area contributed by atoms with E-state index in [-0.39, 0.29) is 26.2 Å². The first-order valence-corrected chi connectivity index (χ1v) is 18.9. The Hall–Kier alpha value is -3.61. The van der Waals surface area contributed by atoms with E-state index in [1.807, 2.05) is 84.1 Å². The fourth-order valence-corrected chi connectivity index (χ4v) is 6.37.